The summed E-state index contributed by atoms with van der Waals surface area (Å²) < 4.78 is 0. The lowest BCUT2D eigenvalue weighted by Crippen LogP contribution is -2.41. The molecule has 0 saturated carbocycles. The lowest BCUT2D eigenvalue weighted by atomic mass is 10.3. The third-order valence-electron chi connectivity index (χ3n) is 3.05. The van der Waals surface area contributed by atoms with Crippen LogP contribution in [0.4, 0.5) is 5.69 Å². The van der Waals surface area contributed by atoms with Crippen LogP contribution < -0.4 is 5.32 Å². The molecule has 0 aliphatic heterocycles. The number of benzene rings is 1. The molecule has 0 aliphatic carbocycles. The Labute approximate surface area is 151 Å². The molecule has 0 aromatic heterocycles. The molecule has 1 N–H and O–H groups in total. The highest BCUT2D eigenvalue weighted by atomic mass is 35.5. The van der Waals surface area contributed by atoms with Crippen molar-refractivity contribution >= 4 is 52.3 Å². The monoisotopic (exact) mass is 379 g/mol. The van der Waals surface area contributed by atoms with Gasteiger partial charge in [0.1, 0.15) is 0 Å². The molecule has 0 aliphatic rings. The molecule has 5 nitrogen and oxygen atoms in total. The molecule has 1 rings (SSSR count). The van der Waals surface area contributed by atoms with E-state index in [1.165, 1.54) is 17.0 Å². The van der Waals surface area contributed by atoms with Crippen LogP contribution >= 0.6 is 34.8 Å². The van der Waals surface area contributed by atoms with E-state index in [0.29, 0.717) is 27.3 Å². The van der Waals surface area contributed by atoms with Crippen LogP contribution in [0.5, 0.6) is 0 Å². The van der Waals surface area contributed by atoms with Gasteiger partial charge in [-0.2, -0.15) is 0 Å². The van der Waals surface area contributed by atoms with Crippen molar-refractivity contribution in [2.75, 3.05) is 39.0 Å². The number of carbonyl (C=O) groups excluding carboxylic acids is 2. The third kappa shape index (κ3) is 6.55. The molecular weight excluding hydrogens is 361 g/mol. The normalized spacial score (nSPS) is 10.7. The van der Waals surface area contributed by atoms with E-state index in [0.717, 1.165) is 6.42 Å². The van der Waals surface area contributed by atoms with E-state index < -0.39 is 0 Å². The second-order valence-electron chi connectivity index (χ2n) is 5.29. The van der Waals surface area contributed by atoms with Crippen LogP contribution in [-0.4, -0.2) is 55.3 Å². The standard InChI is InChI=1S/C15H20Cl3N3O2/c1-4-5-21(9-15(23)20(2)3)8-14(22)19-13-7-11(17)10(16)6-12(13)18/h6-7H,4-5,8-9H2,1-3H3,(H,19,22). The van der Waals surface area contributed by atoms with Crippen molar-refractivity contribution < 1.29 is 9.59 Å². The molecule has 128 valence electrons. The van der Waals surface area contributed by atoms with Gasteiger partial charge in [0.2, 0.25) is 11.8 Å². The van der Waals surface area contributed by atoms with Gasteiger partial charge in [-0.05, 0) is 25.1 Å². The van der Waals surface area contributed by atoms with Gasteiger partial charge in [-0.15, -0.1) is 0 Å². The largest absolute Gasteiger partial charge is 0.348 e. The molecule has 0 saturated heterocycles. The second-order valence-corrected chi connectivity index (χ2v) is 6.51. The molecule has 0 heterocycles. The van der Waals surface area contributed by atoms with Crippen LogP contribution in [0, 0.1) is 0 Å². The second kappa shape index (κ2) is 9.33. The highest BCUT2D eigenvalue weighted by Gasteiger charge is 2.16. The molecule has 0 spiro atoms. The van der Waals surface area contributed by atoms with Gasteiger partial charge < -0.3 is 10.2 Å². The summed E-state index contributed by atoms with van der Waals surface area (Å²) in [5.41, 5.74) is 0.390. The summed E-state index contributed by atoms with van der Waals surface area (Å²) in [6.45, 7) is 2.90. The zero-order valence-electron chi connectivity index (χ0n) is 13.3. The summed E-state index contributed by atoms with van der Waals surface area (Å²) in [4.78, 5) is 27.3. The van der Waals surface area contributed by atoms with Crippen LogP contribution in [0.3, 0.4) is 0 Å². The molecule has 0 fully saturated rings. The molecule has 0 atom stereocenters. The highest BCUT2D eigenvalue weighted by molar-refractivity contribution is 6.44. The maximum absolute atomic E-state index is 12.2. The van der Waals surface area contributed by atoms with E-state index >= 15 is 0 Å². The topological polar surface area (TPSA) is 52.7 Å². The van der Waals surface area contributed by atoms with E-state index in [9.17, 15) is 9.59 Å². The Kier molecular flexibility index (Phi) is 8.12. The number of carbonyl (C=O) groups is 2. The van der Waals surface area contributed by atoms with Crippen molar-refractivity contribution in [1.82, 2.24) is 9.80 Å². The SMILES string of the molecule is CCCN(CC(=O)Nc1cc(Cl)c(Cl)cc1Cl)CC(=O)N(C)C. The fourth-order valence-electron chi connectivity index (χ4n) is 1.87. The van der Waals surface area contributed by atoms with Crippen LogP contribution in [0.25, 0.3) is 0 Å². The van der Waals surface area contributed by atoms with E-state index in [-0.39, 0.29) is 24.9 Å². The lowest BCUT2D eigenvalue weighted by molar-refractivity contribution is -0.130. The molecule has 1 aromatic rings. The van der Waals surface area contributed by atoms with Crippen LogP contribution in [0.1, 0.15) is 13.3 Å². The molecule has 0 bridgehead atoms. The van der Waals surface area contributed by atoms with Crippen molar-refractivity contribution in [3.8, 4) is 0 Å². The van der Waals surface area contributed by atoms with Crippen molar-refractivity contribution in [1.29, 1.82) is 0 Å². The lowest BCUT2D eigenvalue weighted by Gasteiger charge is -2.22. The van der Waals surface area contributed by atoms with Gasteiger partial charge in [-0.3, -0.25) is 14.5 Å². The average Bonchev–Trinajstić information content (AvgIpc) is 2.44. The number of halogens is 3. The Bertz CT molecular complexity index is 579. The number of hydrogen-bond donors (Lipinski definition) is 1. The van der Waals surface area contributed by atoms with Crippen molar-refractivity contribution in [2.24, 2.45) is 0 Å². The van der Waals surface area contributed by atoms with Crippen molar-refractivity contribution in [3.05, 3.63) is 27.2 Å². The van der Waals surface area contributed by atoms with Crippen molar-refractivity contribution in [2.45, 2.75) is 13.3 Å². The fourth-order valence-corrected chi connectivity index (χ4v) is 2.47. The van der Waals surface area contributed by atoms with Crippen LogP contribution in [0.15, 0.2) is 12.1 Å². The number of hydrogen-bond acceptors (Lipinski definition) is 3. The zero-order chi connectivity index (χ0) is 17.6. The summed E-state index contributed by atoms with van der Waals surface area (Å²) in [6, 6.07) is 2.97. The number of amides is 2. The average molecular weight is 381 g/mol. The van der Waals surface area contributed by atoms with Gasteiger partial charge >= 0.3 is 0 Å². The maximum atomic E-state index is 12.2. The number of anilines is 1. The Balaban J connectivity index is 2.72. The zero-order valence-corrected chi connectivity index (χ0v) is 15.6. The Morgan fingerprint density at radius 3 is 2.22 bits per heavy atom. The molecule has 8 heteroatoms. The molecule has 1 aromatic carbocycles. The first-order chi connectivity index (χ1) is 10.7. The van der Waals surface area contributed by atoms with E-state index in [1.54, 1.807) is 19.0 Å². The first-order valence-electron chi connectivity index (χ1n) is 7.11. The summed E-state index contributed by atoms with van der Waals surface area (Å²) in [5, 5.41) is 3.62. The van der Waals surface area contributed by atoms with Gasteiger partial charge in [0.05, 0.1) is 33.8 Å². The predicted molar refractivity (Wildman–Crippen MR) is 95.5 cm³/mol. The number of nitrogens with zero attached hydrogens (tertiary/aromatic N) is 2. The van der Waals surface area contributed by atoms with E-state index in [1.807, 2.05) is 6.92 Å². The number of likely N-dealkylation sites (N-methyl/N-ethyl adjacent to an activating group) is 1. The van der Waals surface area contributed by atoms with Gasteiger partial charge in [0, 0.05) is 14.1 Å². The quantitative estimate of drug-likeness (QED) is 0.738. The minimum absolute atomic E-state index is 0.0566. The Morgan fingerprint density at radius 1 is 1.04 bits per heavy atom. The summed E-state index contributed by atoms with van der Waals surface area (Å²) in [5.74, 6) is -0.330. The van der Waals surface area contributed by atoms with E-state index in [4.69, 9.17) is 34.8 Å². The first kappa shape index (κ1) is 20.0. The fraction of sp³-hybridized carbons (Fsp3) is 0.467. The third-order valence-corrected chi connectivity index (χ3v) is 4.08. The van der Waals surface area contributed by atoms with Gasteiger partial charge in [-0.1, -0.05) is 41.7 Å². The highest BCUT2D eigenvalue weighted by Crippen LogP contribution is 2.32. The van der Waals surface area contributed by atoms with E-state index in [2.05, 4.69) is 5.32 Å². The van der Waals surface area contributed by atoms with Crippen LogP contribution in [-0.2, 0) is 9.59 Å². The molecule has 2 amide bonds. The Hall–Kier alpha value is -1.01. The maximum Gasteiger partial charge on any atom is 0.238 e. The predicted octanol–water partition coefficient (Wildman–Crippen LogP) is 3.39. The van der Waals surface area contributed by atoms with Gasteiger partial charge in [0.25, 0.3) is 0 Å². The summed E-state index contributed by atoms with van der Waals surface area (Å²) >= 11 is 17.8. The summed E-state index contributed by atoms with van der Waals surface area (Å²) in [7, 11) is 3.37. The van der Waals surface area contributed by atoms with Crippen molar-refractivity contribution in [3.63, 3.8) is 0 Å². The molecule has 0 radical (unpaired) electrons. The minimum Gasteiger partial charge on any atom is -0.348 e. The van der Waals surface area contributed by atoms with Gasteiger partial charge in [-0.25, -0.2) is 0 Å². The van der Waals surface area contributed by atoms with Crippen LogP contribution in [0.2, 0.25) is 15.1 Å². The molecule has 0 unspecified atom stereocenters. The van der Waals surface area contributed by atoms with Gasteiger partial charge in [0.15, 0.2) is 0 Å². The molecular formula is C15H20Cl3N3O2. The smallest absolute Gasteiger partial charge is 0.238 e. The first-order valence-corrected chi connectivity index (χ1v) is 8.24. The summed E-state index contributed by atoms with van der Waals surface area (Å²) in [6.07, 6.45) is 0.835. The number of nitrogens with one attached hydrogen (secondary N) is 1. The minimum atomic E-state index is -0.273. The Morgan fingerprint density at radius 2 is 1.65 bits per heavy atom. The molecule has 23 heavy (non-hydrogen) atoms. The number of rotatable bonds is 7.